The highest BCUT2D eigenvalue weighted by Gasteiger charge is 2.08. The molecular formula is C14H9ClN4O. The standard InChI is InChI=1S/C14H9ClN4O/c15-13-12(2-1-7-17-13)14(20)19-18-9-11-5-3-10(8-16)4-6-11/h1-7,9H,(H,19,20). The van der Waals surface area contributed by atoms with Gasteiger partial charge in [-0.2, -0.15) is 10.4 Å². The maximum Gasteiger partial charge on any atom is 0.274 e. The summed E-state index contributed by atoms with van der Waals surface area (Å²) in [7, 11) is 0. The minimum atomic E-state index is -0.437. The number of nitrogens with zero attached hydrogens (tertiary/aromatic N) is 3. The van der Waals surface area contributed by atoms with E-state index in [2.05, 4.69) is 15.5 Å². The van der Waals surface area contributed by atoms with E-state index >= 15 is 0 Å². The van der Waals surface area contributed by atoms with Crippen molar-refractivity contribution in [2.24, 2.45) is 5.10 Å². The maximum atomic E-state index is 11.8. The van der Waals surface area contributed by atoms with Gasteiger partial charge in [-0.05, 0) is 29.8 Å². The van der Waals surface area contributed by atoms with Crippen molar-refractivity contribution >= 4 is 23.7 Å². The summed E-state index contributed by atoms with van der Waals surface area (Å²) < 4.78 is 0. The van der Waals surface area contributed by atoms with E-state index in [9.17, 15) is 4.79 Å². The van der Waals surface area contributed by atoms with Crippen LogP contribution in [0.3, 0.4) is 0 Å². The van der Waals surface area contributed by atoms with Crippen LogP contribution in [0.4, 0.5) is 0 Å². The summed E-state index contributed by atoms with van der Waals surface area (Å²) in [6.07, 6.45) is 2.97. The fourth-order valence-corrected chi connectivity index (χ4v) is 1.63. The summed E-state index contributed by atoms with van der Waals surface area (Å²) in [6, 6.07) is 12.0. The van der Waals surface area contributed by atoms with E-state index in [4.69, 9.17) is 16.9 Å². The van der Waals surface area contributed by atoms with Crippen LogP contribution in [-0.4, -0.2) is 17.1 Å². The molecule has 20 heavy (non-hydrogen) atoms. The van der Waals surface area contributed by atoms with E-state index in [0.29, 0.717) is 5.56 Å². The molecule has 1 heterocycles. The molecule has 1 N–H and O–H groups in total. The first-order valence-electron chi connectivity index (χ1n) is 5.65. The lowest BCUT2D eigenvalue weighted by Gasteiger charge is -2.00. The van der Waals surface area contributed by atoms with Gasteiger partial charge in [-0.3, -0.25) is 4.79 Å². The summed E-state index contributed by atoms with van der Waals surface area (Å²) in [6.45, 7) is 0. The maximum absolute atomic E-state index is 11.8. The third kappa shape index (κ3) is 3.40. The molecule has 1 aromatic carbocycles. The second-order valence-electron chi connectivity index (χ2n) is 3.77. The van der Waals surface area contributed by atoms with Gasteiger partial charge in [0, 0.05) is 6.20 Å². The summed E-state index contributed by atoms with van der Waals surface area (Å²) in [4.78, 5) is 15.6. The van der Waals surface area contributed by atoms with Gasteiger partial charge in [0.05, 0.1) is 23.4 Å². The van der Waals surface area contributed by atoms with Crippen LogP contribution in [0.25, 0.3) is 0 Å². The SMILES string of the molecule is N#Cc1ccc(C=NNC(=O)c2cccnc2Cl)cc1. The molecule has 0 fully saturated rings. The Hall–Kier alpha value is -2.71. The highest BCUT2D eigenvalue weighted by molar-refractivity contribution is 6.32. The first kappa shape index (κ1) is 13.7. The van der Waals surface area contributed by atoms with E-state index < -0.39 is 5.91 Å². The molecule has 0 spiro atoms. The van der Waals surface area contributed by atoms with Crippen molar-refractivity contribution in [2.45, 2.75) is 0 Å². The Labute approximate surface area is 120 Å². The number of pyridine rings is 1. The van der Waals surface area contributed by atoms with Crippen LogP contribution in [0.1, 0.15) is 21.5 Å². The van der Waals surface area contributed by atoms with Crippen LogP contribution in [0.5, 0.6) is 0 Å². The molecule has 2 aromatic rings. The topological polar surface area (TPSA) is 78.1 Å². The number of carbonyl (C=O) groups is 1. The van der Waals surface area contributed by atoms with E-state index in [-0.39, 0.29) is 10.7 Å². The average Bonchev–Trinajstić information content (AvgIpc) is 2.48. The largest absolute Gasteiger partial charge is 0.274 e. The number of amides is 1. The van der Waals surface area contributed by atoms with E-state index in [1.54, 1.807) is 36.4 Å². The number of nitriles is 1. The van der Waals surface area contributed by atoms with Crippen molar-refractivity contribution < 1.29 is 4.79 Å². The summed E-state index contributed by atoms with van der Waals surface area (Å²) in [5, 5.41) is 12.6. The van der Waals surface area contributed by atoms with Crippen LogP contribution in [0.2, 0.25) is 5.15 Å². The van der Waals surface area contributed by atoms with Gasteiger partial charge in [-0.15, -0.1) is 0 Å². The number of hydrogen-bond acceptors (Lipinski definition) is 4. The Morgan fingerprint density at radius 3 is 2.75 bits per heavy atom. The predicted octanol–water partition coefficient (Wildman–Crippen LogP) is 2.37. The highest BCUT2D eigenvalue weighted by atomic mass is 35.5. The molecule has 98 valence electrons. The average molecular weight is 285 g/mol. The van der Waals surface area contributed by atoms with Gasteiger partial charge < -0.3 is 0 Å². The molecule has 5 nitrogen and oxygen atoms in total. The zero-order valence-corrected chi connectivity index (χ0v) is 11.0. The Morgan fingerprint density at radius 1 is 1.35 bits per heavy atom. The lowest BCUT2D eigenvalue weighted by atomic mass is 10.2. The number of benzene rings is 1. The number of hydrazone groups is 1. The number of rotatable bonds is 3. The first-order chi connectivity index (χ1) is 9.70. The van der Waals surface area contributed by atoms with Gasteiger partial charge in [0.2, 0.25) is 0 Å². The van der Waals surface area contributed by atoms with Crippen molar-refractivity contribution in [3.8, 4) is 6.07 Å². The molecule has 1 aromatic heterocycles. The molecule has 0 aliphatic rings. The number of halogens is 1. The van der Waals surface area contributed by atoms with Gasteiger partial charge in [0.1, 0.15) is 5.15 Å². The highest BCUT2D eigenvalue weighted by Crippen LogP contribution is 2.10. The molecule has 0 unspecified atom stereocenters. The lowest BCUT2D eigenvalue weighted by molar-refractivity contribution is 0.0955. The summed E-state index contributed by atoms with van der Waals surface area (Å²) in [5.74, 6) is -0.437. The molecule has 6 heteroatoms. The molecule has 0 saturated heterocycles. The second-order valence-corrected chi connectivity index (χ2v) is 4.13. The van der Waals surface area contributed by atoms with Crippen molar-refractivity contribution in [1.29, 1.82) is 5.26 Å². The van der Waals surface area contributed by atoms with Gasteiger partial charge in [0.25, 0.3) is 5.91 Å². The number of hydrogen-bond donors (Lipinski definition) is 1. The van der Waals surface area contributed by atoms with Gasteiger partial charge in [-0.25, -0.2) is 10.4 Å². The van der Waals surface area contributed by atoms with Crippen molar-refractivity contribution in [3.05, 3.63) is 64.4 Å². The zero-order valence-electron chi connectivity index (χ0n) is 10.2. The van der Waals surface area contributed by atoms with E-state index in [1.807, 2.05) is 6.07 Å². The van der Waals surface area contributed by atoms with Crippen LogP contribution >= 0.6 is 11.6 Å². The molecule has 0 atom stereocenters. The Bertz CT molecular complexity index is 689. The lowest BCUT2D eigenvalue weighted by Crippen LogP contribution is -2.18. The molecule has 0 bridgehead atoms. The molecule has 0 saturated carbocycles. The number of aromatic nitrogens is 1. The molecular weight excluding hydrogens is 276 g/mol. The Morgan fingerprint density at radius 2 is 2.10 bits per heavy atom. The van der Waals surface area contributed by atoms with Crippen LogP contribution in [0.15, 0.2) is 47.7 Å². The van der Waals surface area contributed by atoms with E-state index in [1.165, 1.54) is 12.4 Å². The summed E-state index contributed by atoms with van der Waals surface area (Å²) in [5.41, 5.74) is 3.94. The third-order valence-corrected chi connectivity index (χ3v) is 2.72. The number of nitrogens with one attached hydrogen (secondary N) is 1. The second kappa shape index (κ2) is 6.45. The van der Waals surface area contributed by atoms with Crippen molar-refractivity contribution in [3.63, 3.8) is 0 Å². The smallest absolute Gasteiger partial charge is 0.267 e. The van der Waals surface area contributed by atoms with Crippen molar-refractivity contribution in [2.75, 3.05) is 0 Å². The van der Waals surface area contributed by atoms with Crippen molar-refractivity contribution in [1.82, 2.24) is 10.4 Å². The van der Waals surface area contributed by atoms with Crippen LogP contribution in [0, 0.1) is 11.3 Å². The molecule has 2 rings (SSSR count). The minimum absolute atomic E-state index is 0.124. The van der Waals surface area contributed by atoms with Crippen LogP contribution in [-0.2, 0) is 0 Å². The van der Waals surface area contributed by atoms with Gasteiger partial charge in [-0.1, -0.05) is 23.7 Å². The fraction of sp³-hybridized carbons (Fsp3) is 0. The molecule has 0 aliphatic carbocycles. The predicted molar refractivity (Wildman–Crippen MR) is 75.5 cm³/mol. The third-order valence-electron chi connectivity index (χ3n) is 2.42. The Balaban J connectivity index is 2.01. The molecule has 0 radical (unpaired) electrons. The zero-order chi connectivity index (χ0) is 14.4. The van der Waals surface area contributed by atoms with Crippen LogP contribution < -0.4 is 5.43 Å². The summed E-state index contributed by atoms with van der Waals surface area (Å²) >= 11 is 5.79. The molecule has 1 amide bonds. The molecule has 0 aliphatic heterocycles. The minimum Gasteiger partial charge on any atom is -0.267 e. The number of carbonyl (C=O) groups excluding carboxylic acids is 1. The quantitative estimate of drug-likeness (QED) is 0.534. The normalized spacial score (nSPS) is 10.2. The van der Waals surface area contributed by atoms with Gasteiger partial charge >= 0.3 is 0 Å². The Kier molecular flexibility index (Phi) is 4.43. The van der Waals surface area contributed by atoms with E-state index in [0.717, 1.165) is 5.56 Å². The first-order valence-corrected chi connectivity index (χ1v) is 6.02. The van der Waals surface area contributed by atoms with Gasteiger partial charge in [0.15, 0.2) is 0 Å². The fourth-order valence-electron chi connectivity index (χ4n) is 1.42. The monoisotopic (exact) mass is 284 g/mol.